The number of hydrogen-bond acceptors (Lipinski definition) is 4. The smallest absolute Gasteiger partial charge is 0.0707 e. The minimum absolute atomic E-state index is 0.682. The van der Waals surface area contributed by atoms with Gasteiger partial charge in [-0.2, -0.15) is 0 Å². The zero-order valence-electron chi connectivity index (χ0n) is 29.7. The number of nitrogens with two attached hydrogens (primary N) is 4. The average Bonchev–Trinajstić information content (AvgIpc) is 3.13. The first-order chi connectivity index (χ1) is 24.6. The molecule has 0 spiro atoms. The number of nitrogen functional groups attached to an aromatic ring is 4. The maximum Gasteiger partial charge on any atom is 0.0707 e. The predicted octanol–water partition coefficient (Wildman–Crippen LogP) is 10.6. The Bertz CT molecular complexity index is 2230. The zero-order chi connectivity index (χ0) is 35.9. The molecule has 0 saturated carbocycles. The minimum atomic E-state index is -0.801. The number of benzene rings is 7. The Hall–Kier alpha value is -6.26. The van der Waals surface area contributed by atoms with Crippen molar-refractivity contribution in [3.63, 3.8) is 0 Å². The molecule has 0 fully saturated rings. The Kier molecular flexibility index (Phi) is 8.62. The second-order valence-corrected chi connectivity index (χ2v) is 13.5. The first-order valence-corrected chi connectivity index (χ1v) is 17.4. The van der Waals surface area contributed by atoms with Gasteiger partial charge in [0.15, 0.2) is 0 Å². The van der Waals surface area contributed by atoms with E-state index in [9.17, 15) is 0 Å². The normalized spacial score (nSPS) is 11.5. The molecule has 7 aromatic carbocycles. The summed E-state index contributed by atoms with van der Waals surface area (Å²) in [5.74, 6) is 0. The van der Waals surface area contributed by atoms with E-state index < -0.39 is 5.41 Å². The van der Waals surface area contributed by atoms with Crippen molar-refractivity contribution in [2.24, 2.45) is 0 Å². The molecule has 0 bridgehead atoms. The van der Waals surface area contributed by atoms with Gasteiger partial charge in [-0.05, 0) is 108 Å². The third-order valence-electron chi connectivity index (χ3n) is 10.5. The number of rotatable bonds is 7. The topological polar surface area (TPSA) is 104 Å². The molecule has 252 valence electrons. The van der Waals surface area contributed by atoms with E-state index in [2.05, 4.69) is 131 Å². The summed E-state index contributed by atoms with van der Waals surface area (Å²) < 4.78 is 0. The standard InChI is InChI=1S/C47H44N4/c1-29-13-11-19-39(48)43(29)45-31(3)37(25-27-41(45)50)47(35-17-9-6-10-18-35,36-23-21-34(22-24-36)33-15-7-5-8-16-33)38-26-28-42(51)46(32(38)4)44-30(2)14-12-20-40(44)49/h5-28H,48-51H2,1-4H3. The first kappa shape index (κ1) is 33.2. The second-order valence-electron chi connectivity index (χ2n) is 13.5. The van der Waals surface area contributed by atoms with Gasteiger partial charge in [-0.1, -0.05) is 121 Å². The Morgan fingerprint density at radius 1 is 0.333 bits per heavy atom. The molecule has 0 aliphatic carbocycles. The highest BCUT2D eigenvalue weighted by Crippen LogP contribution is 2.52. The summed E-state index contributed by atoms with van der Waals surface area (Å²) in [6.45, 7) is 8.53. The third kappa shape index (κ3) is 5.50. The molecule has 0 aliphatic heterocycles. The van der Waals surface area contributed by atoms with Crippen molar-refractivity contribution in [3.05, 3.63) is 190 Å². The maximum absolute atomic E-state index is 6.90. The van der Waals surface area contributed by atoms with Crippen molar-refractivity contribution in [1.29, 1.82) is 0 Å². The van der Waals surface area contributed by atoms with E-state index in [0.717, 1.165) is 77.9 Å². The second kappa shape index (κ2) is 13.2. The van der Waals surface area contributed by atoms with E-state index in [-0.39, 0.29) is 0 Å². The average molecular weight is 665 g/mol. The van der Waals surface area contributed by atoms with Gasteiger partial charge in [-0.15, -0.1) is 0 Å². The lowest BCUT2D eigenvalue weighted by atomic mass is 9.61. The molecule has 7 aromatic rings. The van der Waals surface area contributed by atoms with Crippen LogP contribution < -0.4 is 22.9 Å². The molecule has 0 amide bonds. The fourth-order valence-corrected chi connectivity index (χ4v) is 8.17. The highest BCUT2D eigenvalue weighted by molar-refractivity contribution is 5.92. The lowest BCUT2D eigenvalue weighted by Gasteiger charge is -2.40. The van der Waals surface area contributed by atoms with E-state index >= 15 is 0 Å². The van der Waals surface area contributed by atoms with Crippen LogP contribution in [0.1, 0.15) is 44.5 Å². The van der Waals surface area contributed by atoms with E-state index in [0.29, 0.717) is 22.7 Å². The summed E-state index contributed by atoms with van der Waals surface area (Å²) >= 11 is 0. The van der Waals surface area contributed by atoms with Crippen LogP contribution in [0, 0.1) is 27.7 Å². The van der Waals surface area contributed by atoms with E-state index in [4.69, 9.17) is 22.9 Å². The van der Waals surface area contributed by atoms with Crippen molar-refractivity contribution < 1.29 is 0 Å². The van der Waals surface area contributed by atoms with Gasteiger partial charge < -0.3 is 22.9 Å². The molecule has 0 radical (unpaired) electrons. The van der Waals surface area contributed by atoms with Crippen LogP contribution in [0.15, 0.2) is 146 Å². The Morgan fingerprint density at radius 2 is 0.725 bits per heavy atom. The van der Waals surface area contributed by atoms with Crippen LogP contribution in [0.5, 0.6) is 0 Å². The molecular weight excluding hydrogens is 621 g/mol. The van der Waals surface area contributed by atoms with Gasteiger partial charge in [-0.25, -0.2) is 0 Å². The summed E-state index contributed by atoms with van der Waals surface area (Å²) in [5.41, 5.74) is 44.0. The molecule has 0 saturated heterocycles. The van der Waals surface area contributed by atoms with Crippen molar-refractivity contribution >= 4 is 22.7 Å². The van der Waals surface area contributed by atoms with Crippen LogP contribution in [0.2, 0.25) is 0 Å². The molecule has 0 aliphatic rings. The van der Waals surface area contributed by atoms with Crippen molar-refractivity contribution in [1.82, 2.24) is 0 Å². The minimum Gasteiger partial charge on any atom is -0.398 e. The van der Waals surface area contributed by atoms with Crippen molar-refractivity contribution in [3.8, 4) is 33.4 Å². The van der Waals surface area contributed by atoms with E-state index in [1.54, 1.807) is 0 Å². The highest BCUT2D eigenvalue weighted by atomic mass is 14.6. The van der Waals surface area contributed by atoms with Gasteiger partial charge >= 0.3 is 0 Å². The highest BCUT2D eigenvalue weighted by Gasteiger charge is 2.42. The van der Waals surface area contributed by atoms with E-state index in [1.807, 2.05) is 42.5 Å². The van der Waals surface area contributed by atoms with Crippen LogP contribution in [0.4, 0.5) is 22.7 Å². The fraction of sp³-hybridized carbons (Fsp3) is 0.106. The summed E-state index contributed by atoms with van der Waals surface area (Å²) in [6.07, 6.45) is 0. The van der Waals surface area contributed by atoms with Crippen LogP contribution in [0.3, 0.4) is 0 Å². The molecule has 4 nitrogen and oxygen atoms in total. The molecule has 8 N–H and O–H groups in total. The molecule has 0 aromatic heterocycles. The summed E-state index contributed by atoms with van der Waals surface area (Å²) in [6, 6.07) is 50.7. The van der Waals surface area contributed by atoms with Crippen LogP contribution in [0.25, 0.3) is 33.4 Å². The number of anilines is 4. The quantitative estimate of drug-likeness (QED) is 0.101. The molecule has 0 heterocycles. The molecule has 4 heteroatoms. The monoisotopic (exact) mass is 664 g/mol. The SMILES string of the molecule is Cc1cccc(N)c1-c1c(N)ccc(C(c2ccccc2)(c2ccc(-c3ccccc3)cc2)c2ccc(N)c(-c3c(C)cccc3N)c2C)c1C. The van der Waals surface area contributed by atoms with Gasteiger partial charge in [0.2, 0.25) is 0 Å². The third-order valence-corrected chi connectivity index (χ3v) is 10.5. The van der Waals surface area contributed by atoms with Crippen LogP contribution in [-0.2, 0) is 5.41 Å². The molecule has 0 unspecified atom stereocenters. The summed E-state index contributed by atoms with van der Waals surface area (Å²) in [5, 5.41) is 0. The van der Waals surface area contributed by atoms with Gasteiger partial charge in [0.1, 0.15) is 0 Å². The maximum atomic E-state index is 6.90. The van der Waals surface area contributed by atoms with Gasteiger partial charge in [0, 0.05) is 45.0 Å². The molecule has 7 rings (SSSR count). The predicted molar refractivity (Wildman–Crippen MR) is 218 cm³/mol. The number of aryl methyl sites for hydroxylation is 2. The Labute approximate surface area is 301 Å². The molecular formula is C47H44N4. The molecule has 0 atom stereocenters. The summed E-state index contributed by atoms with van der Waals surface area (Å²) in [4.78, 5) is 0. The van der Waals surface area contributed by atoms with Gasteiger partial charge in [0.25, 0.3) is 0 Å². The Morgan fingerprint density at radius 3 is 1.18 bits per heavy atom. The van der Waals surface area contributed by atoms with Crippen LogP contribution in [-0.4, -0.2) is 0 Å². The van der Waals surface area contributed by atoms with Crippen molar-refractivity contribution in [2.45, 2.75) is 33.1 Å². The number of hydrogen-bond donors (Lipinski definition) is 4. The fourth-order valence-electron chi connectivity index (χ4n) is 8.17. The lowest BCUT2D eigenvalue weighted by molar-refractivity contribution is 0.733. The largest absolute Gasteiger partial charge is 0.398 e. The van der Waals surface area contributed by atoms with Crippen molar-refractivity contribution in [2.75, 3.05) is 22.9 Å². The zero-order valence-corrected chi connectivity index (χ0v) is 29.7. The van der Waals surface area contributed by atoms with Crippen LogP contribution >= 0.6 is 0 Å². The van der Waals surface area contributed by atoms with Gasteiger partial charge in [0.05, 0.1) is 5.41 Å². The Balaban J connectivity index is 1.65. The van der Waals surface area contributed by atoms with Gasteiger partial charge in [-0.3, -0.25) is 0 Å². The van der Waals surface area contributed by atoms with E-state index in [1.165, 1.54) is 0 Å². The first-order valence-electron chi connectivity index (χ1n) is 17.4. The molecule has 51 heavy (non-hydrogen) atoms. The lowest BCUT2D eigenvalue weighted by Crippen LogP contribution is -2.33. The summed E-state index contributed by atoms with van der Waals surface area (Å²) in [7, 11) is 0.